The molecule has 0 radical (unpaired) electrons. The van der Waals surface area contributed by atoms with Crippen molar-refractivity contribution in [1.82, 2.24) is 20.9 Å². The summed E-state index contributed by atoms with van der Waals surface area (Å²) in [4.78, 5) is 25.1. The van der Waals surface area contributed by atoms with Gasteiger partial charge in [0.25, 0.3) is 0 Å². The van der Waals surface area contributed by atoms with Gasteiger partial charge in [-0.15, -0.1) is 0 Å². The standard InChI is InChI=1S/C11H22N4O2/c1-4-5-15(9-6-13-7-9)8(2)10(16)14-11(17)12-3/h8-9,13H,4-7H2,1-3H3,(H2,12,14,16,17). The van der Waals surface area contributed by atoms with E-state index in [1.807, 2.05) is 6.92 Å². The van der Waals surface area contributed by atoms with Gasteiger partial charge in [0, 0.05) is 26.2 Å². The second kappa shape index (κ2) is 6.56. The summed E-state index contributed by atoms with van der Waals surface area (Å²) in [6.45, 7) is 6.62. The molecular formula is C11H22N4O2. The van der Waals surface area contributed by atoms with E-state index in [4.69, 9.17) is 0 Å². The van der Waals surface area contributed by atoms with Crippen LogP contribution in [0.5, 0.6) is 0 Å². The Bertz CT molecular complexity index is 279. The highest BCUT2D eigenvalue weighted by molar-refractivity contribution is 5.96. The predicted octanol–water partition coefficient (Wildman–Crippen LogP) is -0.486. The molecule has 3 N–H and O–H groups in total. The minimum absolute atomic E-state index is 0.246. The summed E-state index contributed by atoms with van der Waals surface area (Å²) in [6.07, 6.45) is 0.994. The maximum absolute atomic E-state index is 11.8. The van der Waals surface area contributed by atoms with Gasteiger partial charge in [-0.1, -0.05) is 6.92 Å². The lowest BCUT2D eigenvalue weighted by Crippen LogP contribution is -2.62. The zero-order chi connectivity index (χ0) is 12.8. The van der Waals surface area contributed by atoms with E-state index in [2.05, 4.69) is 27.8 Å². The van der Waals surface area contributed by atoms with Gasteiger partial charge in [0.05, 0.1) is 6.04 Å². The first-order chi connectivity index (χ1) is 8.10. The van der Waals surface area contributed by atoms with Crippen molar-refractivity contribution in [2.75, 3.05) is 26.7 Å². The smallest absolute Gasteiger partial charge is 0.321 e. The van der Waals surface area contributed by atoms with Crippen LogP contribution in [0.2, 0.25) is 0 Å². The monoisotopic (exact) mass is 242 g/mol. The zero-order valence-electron chi connectivity index (χ0n) is 10.7. The molecule has 0 aromatic heterocycles. The number of nitrogens with zero attached hydrogens (tertiary/aromatic N) is 1. The highest BCUT2D eigenvalue weighted by atomic mass is 16.2. The summed E-state index contributed by atoms with van der Waals surface area (Å²) >= 11 is 0. The lowest BCUT2D eigenvalue weighted by Gasteiger charge is -2.41. The lowest BCUT2D eigenvalue weighted by molar-refractivity contribution is -0.126. The Kier molecular flexibility index (Phi) is 5.37. The van der Waals surface area contributed by atoms with Crippen molar-refractivity contribution in [3.8, 4) is 0 Å². The van der Waals surface area contributed by atoms with Crippen LogP contribution in [-0.4, -0.2) is 55.6 Å². The molecule has 0 aromatic carbocycles. The Hall–Kier alpha value is -1.14. The molecule has 0 bridgehead atoms. The Morgan fingerprint density at radius 2 is 2.12 bits per heavy atom. The Balaban J connectivity index is 2.53. The van der Waals surface area contributed by atoms with E-state index in [1.54, 1.807) is 0 Å². The van der Waals surface area contributed by atoms with Gasteiger partial charge < -0.3 is 10.6 Å². The first-order valence-electron chi connectivity index (χ1n) is 6.09. The Labute approximate surface area is 102 Å². The van der Waals surface area contributed by atoms with Gasteiger partial charge in [-0.05, 0) is 19.9 Å². The van der Waals surface area contributed by atoms with Crippen molar-refractivity contribution in [3.05, 3.63) is 0 Å². The van der Waals surface area contributed by atoms with Crippen molar-refractivity contribution < 1.29 is 9.59 Å². The van der Waals surface area contributed by atoms with Gasteiger partial charge in [0.2, 0.25) is 5.91 Å². The van der Waals surface area contributed by atoms with Crippen LogP contribution in [0.15, 0.2) is 0 Å². The highest BCUT2D eigenvalue weighted by Gasteiger charge is 2.31. The van der Waals surface area contributed by atoms with Gasteiger partial charge in [-0.25, -0.2) is 4.79 Å². The van der Waals surface area contributed by atoms with E-state index in [1.165, 1.54) is 7.05 Å². The van der Waals surface area contributed by atoms with Crippen molar-refractivity contribution in [1.29, 1.82) is 0 Å². The second-order valence-electron chi connectivity index (χ2n) is 4.29. The van der Waals surface area contributed by atoms with Gasteiger partial charge in [0.1, 0.15) is 0 Å². The van der Waals surface area contributed by atoms with Crippen LogP contribution >= 0.6 is 0 Å². The molecule has 0 spiro atoms. The average Bonchev–Trinajstić information content (AvgIpc) is 2.24. The quantitative estimate of drug-likeness (QED) is 0.608. The maximum atomic E-state index is 11.8. The number of hydrogen-bond donors (Lipinski definition) is 3. The Morgan fingerprint density at radius 1 is 1.47 bits per heavy atom. The molecule has 1 rings (SSSR count). The third kappa shape index (κ3) is 3.67. The summed E-state index contributed by atoms with van der Waals surface area (Å²) in [6, 6.07) is -0.329. The first kappa shape index (κ1) is 13.9. The average molecular weight is 242 g/mol. The molecule has 17 heavy (non-hydrogen) atoms. The summed E-state index contributed by atoms with van der Waals surface area (Å²) in [5.74, 6) is -0.246. The molecule has 1 atom stereocenters. The molecule has 0 aliphatic carbocycles. The topological polar surface area (TPSA) is 73.5 Å². The van der Waals surface area contributed by atoms with Gasteiger partial charge in [-0.3, -0.25) is 15.0 Å². The van der Waals surface area contributed by atoms with Gasteiger partial charge >= 0.3 is 6.03 Å². The third-order valence-corrected chi connectivity index (χ3v) is 3.05. The van der Waals surface area contributed by atoms with Crippen LogP contribution in [0.25, 0.3) is 0 Å². The van der Waals surface area contributed by atoms with Crippen LogP contribution in [0.1, 0.15) is 20.3 Å². The molecule has 1 aliphatic rings. The SMILES string of the molecule is CCCN(C1CNC1)C(C)C(=O)NC(=O)NC. The fraction of sp³-hybridized carbons (Fsp3) is 0.818. The summed E-state index contributed by atoms with van der Waals surface area (Å²) in [7, 11) is 1.49. The minimum atomic E-state index is -0.454. The second-order valence-corrected chi connectivity index (χ2v) is 4.29. The molecule has 0 aromatic rings. The molecule has 3 amide bonds. The van der Waals surface area contributed by atoms with E-state index in [9.17, 15) is 9.59 Å². The van der Waals surface area contributed by atoms with E-state index in [-0.39, 0.29) is 11.9 Å². The maximum Gasteiger partial charge on any atom is 0.321 e. The largest absolute Gasteiger partial charge is 0.341 e. The van der Waals surface area contributed by atoms with Gasteiger partial charge in [-0.2, -0.15) is 0 Å². The molecular weight excluding hydrogens is 220 g/mol. The number of amides is 3. The fourth-order valence-corrected chi connectivity index (χ4v) is 1.89. The summed E-state index contributed by atoms with van der Waals surface area (Å²) in [5.41, 5.74) is 0. The number of hydrogen-bond acceptors (Lipinski definition) is 4. The zero-order valence-corrected chi connectivity index (χ0v) is 10.7. The fourth-order valence-electron chi connectivity index (χ4n) is 1.89. The predicted molar refractivity (Wildman–Crippen MR) is 65.7 cm³/mol. The first-order valence-corrected chi connectivity index (χ1v) is 6.09. The van der Waals surface area contributed by atoms with E-state index in [0.717, 1.165) is 26.1 Å². The molecule has 0 saturated carbocycles. The molecule has 98 valence electrons. The van der Waals surface area contributed by atoms with Crippen molar-refractivity contribution in [2.45, 2.75) is 32.4 Å². The number of imide groups is 1. The number of nitrogens with one attached hydrogen (secondary N) is 3. The van der Waals surface area contributed by atoms with Crippen molar-refractivity contribution >= 4 is 11.9 Å². The normalized spacial score (nSPS) is 17.4. The van der Waals surface area contributed by atoms with Crippen LogP contribution < -0.4 is 16.0 Å². The highest BCUT2D eigenvalue weighted by Crippen LogP contribution is 2.10. The van der Waals surface area contributed by atoms with E-state index in [0.29, 0.717) is 6.04 Å². The molecule has 1 fully saturated rings. The summed E-state index contributed by atoms with van der Waals surface area (Å²) < 4.78 is 0. The van der Waals surface area contributed by atoms with E-state index < -0.39 is 6.03 Å². The molecule has 6 nitrogen and oxygen atoms in total. The van der Waals surface area contributed by atoms with Gasteiger partial charge in [0.15, 0.2) is 0 Å². The molecule has 1 heterocycles. The van der Waals surface area contributed by atoms with Crippen molar-refractivity contribution in [3.63, 3.8) is 0 Å². The van der Waals surface area contributed by atoms with Crippen LogP contribution in [0, 0.1) is 0 Å². The number of carbonyl (C=O) groups excluding carboxylic acids is 2. The summed E-state index contributed by atoms with van der Waals surface area (Å²) in [5, 5.41) is 7.89. The van der Waals surface area contributed by atoms with E-state index >= 15 is 0 Å². The minimum Gasteiger partial charge on any atom is -0.341 e. The molecule has 1 unspecified atom stereocenters. The lowest BCUT2D eigenvalue weighted by atomic mass is 10.1. The van der Waals surface area contributed by atoms with Crippen LogP contribution in [0.4, 0.5) is 4.79 Å². The third-order valence-electron chi connectivity index (χ3n) is 3.05. The van der Waals surface area contributed by atoms with Crippen LogP contribution in [-0.2, 0) is 4.79 Å². The Morgan fingerprint density at radius 3 is 2.53 bits per heavy atom. The molecule has 1 saturated heterocycles. The van der Waals surface area contributed by atoms with Crippen molar-refractivity contribution in [2.24, 2.45) is 0 Å². The number of carbonyl (C=O) groups is 2. The molecule has 1 aliphatic heterocycles. The number of urea groups is 1. The molecule has 6 heteroatoms. The number of rotatable bonds is 5. The van der Waals surface area contributed by atoms with Crippen LogP contribution in [0.3, 0.4) is 0 Å².